The minimum Gasteiger partial charge on any atom is -0.252 e. The summed E-state index contributed by atoms with van der Waals surface area (Å²) in [5, 5.41) is 0.675. The summed E-state index contributed by atoms with van der Waals surface area (Å²) in [5.74, 6) is -2.48. The van der Waals surface area contributed by atoms with Crippen molar-refractivity contribution >= 4 is 0 Å². The van der Waals surface area contributed by atoms with E-state index in [0.29, 0.717) is 12.1 Å². The van der Waals surface area contributed by atoms with Gasteiger partial charge in [0, 0.05) is 5.70 Å². The molecule has 0 aromatic heterocycles. The van der Waals surface area contributed by atoms with Gasteiger partial charge in [-0.3, -0.25) is 5.01 Å². The number of hydrogen-bond acceptors (Lipinski definition) is 2. The minimum atomic E-state index is -1.43. The Morgan fingerprint density at radius 2 is 2.00 bits per heavy atom. The third kappa shape index (κ3) is 0.888. The van der Waals surface area contributed by atoms with Crippen molar-refractivity contribution in [2.24, 2.45) is 0 Å². The van der Waals surface area contributed by atoms with Crippen LogP contribution in [0.3, 0.4) is 0 Å². The van der Waals surface area contributed by atoms with Crippen molar-refractivity contribution in [3.63, 3.8) is 0 Å². The smallest absolute Gasteiger partial charge is 0.252 e. The molecule has 0 N–H and O–H groups in total. The van der Waals surface area contributed by atoms with Crippen LogP contribution in [-0.2, 0) is 0 Å². The lowest BCUT2D eigenvalue weighted by Gasteiger charge is -2.28. The Bertz CT molecular complexity index is 272. The third-order valence-corrected chi connectivity index (χ3v) is 2.00. The van der Waals surface area contributed by atoms with Gasteiger partial charge in [-0.15, -0.1) is 0 Å². The quantitative estimate of drug-likeness (QED) is 0.446. The van der Waals surface area contributed by atoms with Crippen LogP contribution < -0.4 is 0 Å². The number of halogens is 3. The molecule has 0 atom stereocenters. The summed E-state index contributed by atoms with van der Waals surface area (Å²) < 4.78 is 37.7. The number of allylic oxidation sites excluding steroid dienone is 2. The zero-order chi connectivity index (χ0) is 8.72. The first-order valence-corrected chi connectivity index (χ1v) is 3.66. The minimum absolute atomic E-state index is 0.277. The van der Waals surface area contributed by atoms with Gasteiger partial charge in [0.25, 0.3) is 5.95 Å². The Hall–Kier alpha value is -1.13. The van der Waals surface area contributed by atoms with Crippen LogP contribution in [-0.4, -0.2) is 16.8 Å². The number of rotatable bonds is 1. The van der Waals surface area contributed by atoms with E-state index < -0.39 is 11.8 Å². The lowest BCUT2D eigenvalue weighted by Crippen LogP contribution is -2.32. The first-order valence-electron chi connectivity index (χ1n) is 3.66. The predicted octanol–water partition coefficient (Wildman–Crippen LogP) is 2.19. The molecule has 2 rings (SSSR count). The van der Waals surface area contributed by atoms with Crippen molar-refractivity contribution in [2.75, 3.05) is 6.54 Å². The van der Waals surface area contributed by atoms with Gasteiger partial charge in [0.2, 0.25) is 0 Å². The first kappa shape index (κ1) is 7.52. The topological polar surface area (TPSA) is 6.48 Å². The van der Waals surface area contributed by atoms with Crippen molar-refractivity contribution in [1.82, 2.24) is 10.2 Å². The maximum absolute atomic E-state index is 12.7. The van der Waals surface area contributed by atoms with Crippen LogP contribution in [0.4, 0.5) is 13.3 Å². The summed E-state index contributed by atoms with van der Waals surface area (Å²) in [6.07, 6.45) is 3.28. The Kier molecular flexibility index (Phi) is 1.52. The zero-order valence-electron chi connectivity index (χ0n) is 6.23. The number of hydrazine groups is 1. The second-order valence-electron chi connectivity index (χ2n) is 2.75. The van der Waals surface area contributed by atoms with E-state index in [9.17, 15) is 13.3 Å². The van der Waals surface area contributed by atoms with E-state index in [1.165, 1.54) is 0 Å². The molecule has 12 heavy (non-hydrogen) atoms. The van der Waals surface area contributed by atoms with Crippen LogP contribution in [0.2, 0.25) is 0 Å². The molecule has 0 bridgehead atoms. The summed E-state index contributed by atoms with van der Waals surface area (Å²) >= 11 is 0. The summed E-state index contributed by atoms with van der Waals surface area (Å²) in [4.78, 5) is 0. The van der Waals surface area contributed by atoms with Gasteiger partial charge < -0.3 is 0 Å². The fraction of sp³-hybridized carbons (Fsp3) is 0.429. The third-order valence-electron chi connectivity index (χ3n) is 2.00. The molecule has 0 spiro atoms. The number of nitrogens with zero attached hydrogens (tertiary/aromatic N) is 2. The van der Waals surface area contributed by atoms with Gasteiger partial charge in [0.1, 0.15) is 0 Å². The van der Waals surface area contributed by atoms with Gasteiger partial charge >= 0.3 is 0 Å². The maximum Gasteiger partial charge on any atom is 0.273 e. The SMILES string of the molecule is FC1=C(F)N(F)N(C2=CCC2)C1. The summed E-state index contributed by atoms with van der Waals surface area (Å²) in [6.45, 7) is -0.325. The molecule has 0 saturated heterocycles. The van der Waals surface area contributed by atoms with Crippen LogP contribution >= 0.6 is 0 Å². The van der Waals surface area contributed by atoms with E-state index >= 15 is 0 Å². The molecule has 0 aromatic carbocycles. The standard InChI is InChI=1S/C7H7F3N2/c8-6-4-11(5-2-1-3-5)12(10)7(6)9/h2H,1,3-4H2. The van der Waals surface area contributed by atoms with Crippen LogP contribution in [0, 0.1) is 0 Å². The molecule has 66 valence electrons. The molecule has 0 fully saturated rings. The average molecular weight is 176 g/mol. The molecule has 0 amide bonds. The molecular formula is C7H7F3N2. The molecular weight excluding hydrogens is 169 g/mol. The fourth-order valence-electron chi connectivity index (χ4n) is 1.19. The lowest BCUT2D eigenvalue weighted by atomic mass is 10.1. The van der Waals surface area contributed by atoms with E-state index in [0.717, 1.165) is 11.4 Å². The summed E-state index contributed by atoms with van der Waals surface area (Å²) in [6, 6.07) is 0. The Labute approximate surface area is 67.5 Å². The highest BCUT2D eigenvalue weighted by molar-refractivity contribution is 5.17. The van der Waals surface area contributed by atoms with E-state index in [2.05, 4.69) is 0 Å². The summed E-state index contributed by atoms with van der Waals surface area (Å²) in [5.41, 5.74) is 0.639. The normalized spacial score (nSPS) is 23.1. The van der Waals surface area contributed by atoms with E-state index in [4.69, 9.17) is 0 Å². The van der Waals surface area contributed by atoms with Crippen molar-refractivity contribution in [3.05, 3.63) is 23.6 Å². The van der Waals surface area contributed by atoms with Gasteiger partial charge in [-0.05, 0) is 12.8 Å². The highest BCUT2D eigenvalue weighted by Gasteiger charge is 2.34. The molecule has 2 nitrogen and oxygen atoms in total. The monoisotopic (exact) mass is 176 g/mol. The molecule has 1 aliphatic carbocycles. The Balaban J connectivity index is 2.15. The van der Waals surface area contributed by atoms with Crippen LogP contribution in [0.5, 0.6) is 0 Å². The highest BCUT2D eigenvalue weighted by atomic mass is 19.2. The van der Waals surface area contributed by atoms with E-state index in [1.54, 1.807) is 6.08 Å². The predicted molar refractivity (Wildman–Crippen MR) is 36.2 cm³/mol. The van der Waals surface area contributed by atoms with Crippen LogP contribution in [0.25, 0.3) is 0 Å². The number of hydrogen-bond donors (Lipinski definition) is 0. The van der Waals surface area contributed by atoms with Crippen LogP contribution in [0.1, 0.15) is 12.8 Å². The largest absolute Gasteiger partial charge is 0.273 e. The van der Waals surface area contributed by atoms with Gasteiger partial charge in [0.15, 0.2) is 5.83 Å². The second-order valence-corrected chi connectivity index (χ2v) is 2.75. The maximum atomic E-state index is 12.7. The fourth-order valence-corrected chi connectivity index (χ4v) is 1.19. The highest BCUT2D eigenvalue weighted by Crippen LogP contribution is 2.33. The van der Waals surface area contributed by atoms with Gasteiger partial charge in [0.05, 0.1) is 6.54 Å². The molecule has 0 radical (unpaired) electrons. The Morgan fingerprint density at radius 1 is 1.33 bits per heavy atom. The van der Waals surface area contributed by atoms with Gasteiger partial charge in [-0.25, -0.2) is 4.39 Å². The average Bonchev–Trinajstić information content (AvgIpc) is 2.15. The molecule has 0 saturated carbocycles. The molecule has 0 aromatic rings. The molecule has 5 heteroatoms. The summed E-state index contributed by atoms with van der Waals surface area (Å²) in [7, 11) is 0. The molecule has 1 heterocycles. The van der Waals surface area contributed by atoms with Crippen LogP contribution in [0.15, 0.2) is 23.6 Å². The van der Waals surface area contributed by atoms with Gasteiger partial charge in [-0.1, -0.05) is 15.8 Å². The van der Waals surface area contributed by atoms with Crippen molar-refractivity contribution in [1.29, 1.82) is 0 Å². The first-order chi connectivity index (χ1) is 5.70. The molecule has 1 aliphatic heterocycles. The molecule has 0 unspecified atom stereocenters. The van der Waals surface area contributed by atoms with E-state index in [-0.39, 0.29) is 11.8 Å². The van der Waals surface area contributed by atoms with Crippen molar-refractivity contribution in [3.8, 4) is 0 Å². The van der Waals surface area contributed by atoms with Gasteiger partial charge in [-0.2, -0.15) is 4.39 Å². The lowest BCUT2D eigenvalue weighted by molar-refractivity contribution is -0.118. The zero-order valence-corrected chi connectivity index (χ0v) is 6.23. The van der Waals surface area contributed by atoms with Crippen molar-refractivity contribution in [2.45, 2.75) is 12.8 Å². The second kappa shape index (κ2) is 2.43. The molecule has 2 aliphatic rings. The van der Waals surface area contributed by atoms with E-state index in [1.807, 2.05) is 0 Å². The Morgan fingerprint density at radius 3 is 2.33 bits per heavy atom. The van der Waals surface area contributed by atoms with Crippen molar-refractivity contribution < 1.29 is 13.3 Å².